The zero-order chi connectivity index (χ0) is 24.9. The van der Waals surface area contributed by atoms with E-state index in [4.69, 9.17) is 9.73 Å². The molecular weight excluding hydrogens is 378 g/mol. The molecule has 2 heteroatoms. The molecule has 0 aromatic carbocycles. The summed E-state index contributed by atoms with van der Waals surface area (Å²) in [5.74, 6) is 0. The van der Waals surface area contributed by atoms with Crippen LogP contribution in [0.2, 0.25) is 0 Å². The molecule has 0 N–H and O–H groups in total. The summed E-state index contributed by atoms with van der Waals surface area (Å²) in [7, 11) is 3.92. The summed E-state index contributed by atoms with van der Waals surface area (Å²) in [6.45, 7) is 31.7. The smallest absolute Gasteiger partial charge is 0.0732 e. The first kappa shape index (κ1) is 30.6. The molecule has 31 heavy (non-hydrogen) atoms. The van der Waals surface area contributed by atoms with E-state index in [0.29, 0.717) is 0 Å². The van der Waals surface area contributed by atoms with Crippen LogP contribution in [0.15, 0.2) is 4.99 Å². The first-order valence-electron chi connectivity index (χ1n) is 13.2. The molecule has 0 bridgehead atoms. The zero-order valence-corrected chi connectivity index (χ0v) is 24.3. The molecule has 186 valence electrons. The number of hydrogen-bond donors (Lipinski definition) is 0. The average molecular weight is 438 g/mol. The maximum absolute atomic E-state index is 6.48. The lowest BCUT2D eigenvalue weighted by Gasteiger charge is -2.70. The highest BCUT2D eigenvalue weighted by molar-refractivity contribution is 5.88. The van der Waals surface area contributed by atoms with Crippen molar-refractivity contribution in [2.24, 2.45) is 32.1 Å². The van der Waals surface area contributed by atoms with E-state index in [0.717, 1.165) is 44.9 Å². The minimum atomic E-state index is -0.131. The monoisotopic (exact) mass is 437 g/mol. The van der Waals surface area contributed by atoms with Crippen LogP contribution in [0.25, 0.3) is 0 Å². The Hall–Kier alpha value is -0.370. The fraction of sp³-hybridized carbons (Fsp3) is 0.966. The van der Waals surface area contributed by atoms with E-state index in [2.05, 4.69) is 90.0 Å². The maximum atomic E-state index is 6.48. The Labute approximate surface area is 197 Å². The average Bonchev–Trinajstić information content (AvgIpc) is 2.81. The van der Waals surface area contributed by atoms with Crippen molar-refractivity contribution >= 4 is 5.71 Å². The van der Waals surface area contributed by atoms with Crippen LogP contribution >= 0.6 is 0 Å². The molecule has 0 radical (unpaired) electrons. The Kier molecular flexibility index (Phi) is 10.6. The summed E-state index contributed by atoms with van der Waals surface area (Å²) in [6.07, 6.45) is 7.75. The van der Waals surface area contributed by atoms with Crippen molar-refractivity contribution in [3.63, 3.8) is 0 Å². The van der Waals surface area contributed by atoms with Gasteiger partial charge in [-0.3, -0.25) is 4.99 Å². The Bertz CT molecular complexity index is 585. The Morgan fingerprint density at radius 3 is 1.16 bits per heavy atom. The Morgan fingerprint density at radius 1 is 0.581 bits per heavy atom. The molecule has 0 saturated carbocycles. The standard InChI is InChI=1S/C29H59NO/c1-16-24(9,23(8)30-14)25(10,17-2)26(11,18-3)27(12,19-4)28(13,20-5)29(21-6,22-7)31-15/h16-22H2,1-15H3/b30-23+. The van der Waals surface area contributed by atoms with E-state index < -0.39 is 0 Å². The molecule has 0 spiro atoms. The van der Waals surface area contributed by atoms with Gasteiger partial charge in [0.2, 0.25) is 0 Å². The van der Waals surface area contributed by atoms with E-state index in [-0.39, 0.29) is 32.7 Å². The highest BCUT2D eigenvalue weighted by Crippen LogP contribution is 2.72. The van der Waals surface area contributed by atoms with Gasteiger partial charge in [-0.1, -0.05) is 83.1 Å². The summed E-state index contributed by atoms with van der Waals surface area (Å²) in [4.78, 5) is 4.77. The van der Waals surface area contributed by atoms with Crippen molar-refractivity contribution in [1.29, 1.82) is 0 Å². The summed E-state index contributed by atoms with van der Waals surface area (Å²) in [5.41, 5.74) is 1.52. The highest BCUT2D eigenvalue weighted by Gasteiger charge is 2.67. The van der Waals surface area contributed by atoms with Gasteiger partial charge in [-0.05, 0) is 68.1 Å². The highest BCUT2D eigenvalue weighted by atomic mass is 16.5. The number of rotatable bonds is 14. The lowest BCUT2D eigenvalue weighted by molar-refractivity contribution is -0.241. The molecule has 2 nitrogen and oxygen atoms in total. The molecule has 0 aromatic rings. The molecule has 0 amide bonds. The van der Waals surface area contributed by atoms with Gasteiger partial charge in [-0.2, -0.15) is 0 Å². The van der Waals surface area contributed by atoms with E-state index in [1.807, 2.05) is 14.2 Å². The maximum Gasteiger partial charge on any atom is 0.0732 e. The molecule has 0 aliphatic rings. The normalized spacial score (nSPS) is 23.3. The first-order chi connectivity index (χ1) is 14.2. The van der Waals surface area contributed by atoms with E-state index >= 15 is 0 Å². The number of hydrogen-bond acceptors (Lipinski definition) is 2. The van der Waals surface area contributed by atoms with Crippen molar-refractivity contribution in [3.8, 4) is 0 Å². The molecular formula is C29H59NO. The van der Waals surface area contributed by atoms with Gasteiger partial charge in [0.05, 0.1) is 5.60 Å². The van der Waals surface area contributed by atoms with Crippen LogP contribution in [0.4, 0.5) is 0 Å². The second-order valence-corrected chi connectivity index (χ2v) is 11.1. The lowest BCUT2D eigenvalue weighted by Crippen LogP contribution is -2.66. The molecule has 0 heterocycles. The quantitative estimate of drug-likeness (QED) is 0.248. The third-order valence-corrected chi connectivity index (χ3v) is 12.1. The molecule has 0 saturated heterocycles. The third-order valence-electron chi connectivity index (χ3n) is 12.1. The SMILES string of the molecule is CCC(CC)(OC)C(C)(CC)C(C)(CC)C(C)(CC)C(C)(CC)C(C)(CC)/C(C)=N/C. The second-order valence-electron chi connectivity index (χ2n) is 11.1. The predicted octanol–water partition coefficient (Wildman–Crippen LogP) is 9.36. The van der Waals surface area contributed by atoms with Gasteiger partial charge in [0.15, 0.2) is 0 Å². The summed E-state index contributed by atoms with van der Waals surface area (Å²) >= 11 is 0. The van der Waals surface area contributed by atoms with E-state index in [1.165, 1.54) is 5.71 Å². The summed E-state index contributed by atoms with van der Waals surface area (Å²) in [6, 6.07) is 0. The third kappa shape index (κ3) is 3.85. The van der Waals surface area contributed by atoms with Crippen LogP contribution in [0.1, 0.15) is 135 Å². The molecule has 0 rings (SSSR count). The second kappa shape index (κ2) is 10.7. The van der Waals surface area contributed by atoms with Gasteiger partial charge in [0, 0.05) is 30.7 Å². The van der Waals surface area contributed by atoms with E-state index in [1.54, 1.807) is 0 Å². The van der Waals surface area contributed by atoms with Crippen LogP contribution in [0.5, 0.6) is 0 Å². The van der Waals surface area contributed by atoms with Gasteiger partial charge >= 0.3 is 0 Å². The molecule has 0 aliphatic carbocycles. The minimum absolute atomic E-state index is 0.0418. The van der Waals surface area contributed by atoms with Gasteiger partial charge in [0.25, 0.3) is 0 Å². The number of ether oxygens (including phenoxy) is 1. The number of aliphatic imine (C=N–C) groups is 1. The molecule has 5 unspecified atom stereocenters. The number of nitrogens with zero attached hydrogens (tertiary/aromatic N) is 1. The van der Waals surface area contributed by atoms with Crippen molar-refractivity contribution in [3.05, 3.63) is 0 Å². The van der Waals surface area contributed by atoms with Crippen molar-refractivity contribution in [2.45, 2.75) is 141 Å². The van der Waals surface area contributed by atoms with Crippen LogP contribution in [0.3, 0.4) is 0 Å². The van der Waals surface area contributed by atoms with Gasteiger partial charge < -0.3 is 4.74 Å². The number of methoxy groups -OCH3 is 1. The van der Waals surface area contributed by atoms with Crippen LogP contribution in [-0.4, -0.2) is 25.5 Å². The topological polar surface area (TPSA) is 21.6 Å². The van der Waals surface area contributed by atoms with Gasteiger partial charge in [-0.25, -0.2) is 0 Å². The largest absolute Gasteiger partial charge is 0.378 e. The van der Waals surface area contributed by atoms with Gasteiger partial charge in [-0.15, -0.1) is 0 Å². The Balaban J connectivity index is 7.50. The van der Waals surface area contributed by atoms with Crippen molar-refractivity contribution in [1.82, 2.24) is 0 Å². The molecule has 5 atom stereocenters. The van der Waals surface area contributed by atoms with E-state index in [9.17, 15) is 0 Å². The first-order valence-corrected chi connectivity index (χ1v) is 13.2. The van der Waals surface area contributed by atoms with Crippen LogP contribution < -0.4 is 0 Å². The van der Waals surface area contributed by atoms with Crippen LogP contribution in [0, 0.1) is 27.1 Å². The molecule has 0 aliphatic heterocycles. The molecule has 0 aromatic heterocycles. The minimum Gasteiger partial charge on any atom is -0.378 e. The van der Waals surface area contributed by atoms with Crippen LogP contribution in [-0.2, 0) is 4.74 Å². The zero-order valence-electron chi connectivity index (χ0n) is 24.3. The summed E-state index contributed by atoms with van der Waals surface area (Å²) < 4.78 is 6.48. The molecule has 0 fully saturated rings. The summed E-state index contributed by atoms with van der Waals surface area (Å²) in [5, 5.41) is 0. The van der Waals surface area contributed by atoms with Gasteiger partial charge in [0.1, 0.15) is 0 Å². The fourth-order valence-electron chi connectivity index (χ4n) is 8.22. The van der Waals surface area contributed by atoms with Crippen molar-refractivity contribution in [2.75, 3.05) is 14.2 Å². The van der Waals surface area contributed by atoms with Crippen molar-refractivity contribution < 1.29 is 4.74 Å². The predicted molar refractivity (Wildman–Crippen MR) is 141 cm³/mol. The fourth-order valence-corrected chi connectivity index (χ4v) is 8.22. The lowest BCUT2D eigenvalue weighted by atomic mass is 9.35. The Morgan fingerprint density at radius 2 is 0.935 bits per heavy atom.